The van der Waals surface area contributed by atoms with Crippen LogP contribution >= 0.6 is 0 Å². The maximum Gasteiger partial charge on any atom is 0.407 e. The van der Waals surface area contributed by atoms with Crippen molar-refractivity contribution >= 4 is 17.1 Å². The lowest BCUT2D eigenvalue weighted by Crippen LogP contribution is -2.42. The van der Waals surface area contributed by atoms with Gasteiger partial charge in [-0.3, -0.25) is 0 Å². The number of para-hydroxylation sites is 1. The van der Waals surface area contributed by atoms with E-state index in [4.69, 9.17) is 9.47 Å². The number of carbonyl (C=O) groups is 1. The first kappa shape index (κ1) is 22.2. The van der Waals surface area contributed by atoms with E-state index in [1.54, 1.807) is 18.2 Å². The molecule has 1 heterocycles. The molecule has 8 heteroatoms. The molecule has 0 spiro atoms. The van der Waals surface area contributed by atoms with Crippen LogP contribution in [0.4, 0.5) is 4.79 Å². The van der Waals surface area contributed by atoms with E-state index >= 15 is 0 Å². The van der Waals surface area contributed by atoms with Crippen molar-refractivity contribution in [2.45, 2.75) is 70.3 Å². The molecule has 1 aromatic heterocycles. The smallest absolute Gasteiger partial charge is 0.407 e. The van der Waals surface area contributed by atoms with Gasteiger partial charge in [-0.05, 0) is 58.4 Å². The highest BCUT2D eigenvalue weighted by Crippen LogP contribution is 2.34. The lowest BCUT2D eigenvalue weighted by atomic mass is 9.80. The number of benzene rings is 1. The Balaban J connectivity index is 1.63. The first-order valence-corrected chi connectivity index (χ1v) is 10.3. The van der Waals surface area contributed by atoms with Crippen LogP contribution in [0.25, 0.3) is 11.0 Å². The van der Waals surface area contributed by atoms with Gasteiger partial charge >= 0.3 is 6.09 Å². The summed E-state index contributed by atoms with van der Waals surface area (Å²) < 4.78 is 10.5. The maximum absolute atomic E-state index is 12.0. The van der Waals surface area contributed by atoms with Crippen molar-refractivity contribution in [2.75, 3.05) is 7.11 Å². The molecule has 0 radical (unpaired) electrons. The van der Waals surface area contributed by atoms with Crippen LogP contribution in [0.3, 0.4) is 0 Å². The first-order chi connectivity index (χ1) is 14.2. The summed E-state index contributed by atoms with van der Waals surface area (Å²) in [5, 5.41) is 24.7. The number of hydrogen-bond donors (Lipinski definition) is 3. The Morgan fingerprint density at radius 1 is 1.20 bits per heavy atom. The number of amides is 1. The lowest BCUT2D eigenvalue weighted by molar-refractivity contribution is -0.0304. The van der Waals surface area contributed by atoms with Gasteiger partial charge in [0, 0.05) is 11.6 Å². The number of rotatable bonds is 5. The Morgan fingerprint density at radius 3 is 2.53 bits per heavy atom. The van der Waals surface area contributed by atoms with Crippen LogP contribution in [0, 0.1) is 5.92 Å². The Labute approximate surface area is 176 Å². The predicted molar refractivity (Wildman–Crippen MR) is 112 cm³/mol. The number of fused-ring (bicyclic) bond motifs is 1. The van der Waals surface area contributed by atoms with Crippen LogP contribution in [-0.4, -0.2) is 51.1 Å². The topological polar surface area (TPSA) is 114 Å². The fourth-order valence-corrected chi connectivity index (χ4v) is 3.90. The van der Waals surface area contributed by atoms with Crippen LogP contribution in [-0.2, 0) is 4.74 Å². The third-order valence-corrected chi connectivity index (χ3v) is 5.41. The Morgan fingerprint density at radius 2 is 1.90 bits per heavy atom. The number of ether oxygens (including phenoxy) is 2. The van der Waals surface area contributed by atoms with Crippen molar-refractivity contribution in [3.8, 4) is 5.88 Å². The molecule has 1 aliphatic carbocycles. The summed E-state index contributed by atoms with van der Waals surface area (Å²) in [5.74, 6) is 0.274. The zero-order chi connectivity index (χ0) is 21.9. The molecule has 2 aromatic rings. The van der Waals surface area contributed by atoms with Gasteiger partial charge in [-0.25, -0.2) is 14.8 Å². The number of nitrogens with one attached hydrogen (secondary N) is 1. The number of hydrogen-bond acceptors (Lipinski definition) is 7. The zero-order valence-corrected chi connectivity index (χ0v) is 18.0. The molecule has 8 nitrogen and oxygen atoms in total. The number of aromatic nitrogens is 2. The summed E-state index contributed by atoms with van der Waals surface area (Å²) in [6.45, 7) is 5.48. The summed E-state index contributed by atoms with van der Waals surface area (Å²) in [6, 6.07) is 5.35. The maximum atomic E-state index is 12.0. The van der Waals surface area contributed by atoms with Crippen LogP contribution in [0.1, 0.15) is 58.1 Å². The normalized spacial score (nSPS) is 21.7. The fraction of sp³-hybridized carbons (Fsp3) is 0.591. The standard InChI is InChI=1S/C22H31N3O5/c1-22(2,3)30-21(28)24-14-10-8-13(9-11-14)19(26)20(27)15-6-5-7-16-18(15)25-17(29-4)12-23-16/h5-7,12-14,19-20,26-27H,8-11H2,1-4H3,(H,24,28)/t13-,14-,19-,20-/m1/s1. The third-order valence-electron chi connectivity index (χ3n) is 5.41. The number of methoxy groups -OCH3 is 1. The molecule has 0 saturated heterocycles. The molecule has 1 fully saturated rings. The molecule has 3 rings (SSSR count). The summed E-state index contributed by atoms with van der Waals surface area (Å²) >= 11 is 0. The van der Waals surface area contributed by atoms with Crippen molar-refractivity contribution in [1.29, 1.82) is 0 Å². The van der Waals surface area contributed by atoms with E-state index in [9.17, 15) is 15.0 Å². The zero-order valence-electron chi connectivity index (χ0n) is 18.0. The van der Waals surface area contributed by atoms with Gasteiger partial charge in [0.25, 0.3) is 0 Å². The average Bonchev–Trinajstić information content (AvgIpc) is 2.71. The van der Waals surface area contributed by atoms with Gasteiger partial charge < -0.3 is 25.0 Å². The highest BCUT2D eigenvalue weighted by atomic mass is 16.6. The Kier molecular flexibility index (Phi) is 6.77. The molecule has 2 atom stereocenters. The molecule has 164 valence electrons. The van der Waals surface area contributed by atoms with Gasteiger partial charge in [0.2, 0.25) is 5.88 Å². The van der Waals surface area contributed by atoms with E-state index in [2.05, 4.69) is 15.3 Å². The molecule has 3 N–H and O–H groups in total. The van der Waals surface area contributed by atoms with E-state index in [1.807, 2.05) is 20.8 Å². The molecule has 0 aliphatic heterocycles. The van der Waals surface area contributed by atoms with Crippen molar-refractivity contribution in [3.63, 3.8) is 0 Å². The SMILES string of the molecule is COc1cnc2cccc([C@@H](O)[C@H](O)[C@H]3CC[C@H](NC(=O)OC(C)(C)C)CC3)c2n1. The van der Waals surface area contributed by atoms with Gasteiger partial charge in [-0.15, -0.1) is 0 Å². The minimum Gasteiger partial charge on any atom is -0.480 e. The molecule has 1 saturated carbocycles. The number of nitrogens with zero attached hydrogens (tertiary/aromatic N) is 2. The second kappa shape index (κ2) is 9.14. The van der Waals surface area contributed by atoms with E-state index in [-0.39, 0.29) is 12.0 Å². The average molecular weight is 418 g/mol. The highest BCUT2D eigenvalue weighted by molar-refractivity contribution is 5.78. The van der Waals surface area contributed by atoms with Crippen molar-refractivity contribution in [3.05, 3.63) is 30.0 Å². The van der Waals surface area contributed by atoms with Crippen molar-refractivity contribution < 1.29 is 24.5 Å². The summed E-state index contributed by atoms with van der Waals surface area (Å²) in [4.78, 5) is 20.7. The molecule has 1 aliphatic rings. The predicted octanol–water partition coefficient (Wildman–Crippen LogP) is 3.12. The number of alkyl carbamates (subject to hydrolysis) is 1. The van der Waals surface area contributed by atoms with Crippen LogP contribution in [0.15, 0.2) is 24.4 Å². The van der Waals surface area contributed by atoms with Gasteiger partial charge in [-0.1, -0.05) is 12.1 Å². The van der Waals surface area contributed by atoms with Crippen LogP contribution < -0.4 is 10.1 Å². The highest BCUT2D eigenvalue weighted by Gasteiger charge is 2.33. The van der Waals surface area contributed by atoms with Crippen LogP contribution in [0.2, 0.25) is 0 Å². The quantitative estimate of drug-likeness (QED) is 0.685. The largest absolute Gasteiger partial charge is 0.480 e. The van der Waals surface area contributed by atoms with Crippen molar-refractivity contribution in [2.24, 2.45) is 5.92 Å². The fourth-order valence-electron chi connectivity index (χ4n) is 3.90. The number of carbonyl (C=O) groups excluding carboxylic acids is 1. The number of aliphatic hydroxyl groups is 2. The third kappa shape index (κ3) is 5.37. The van der Waals surface area contributed by atoms with E-state index in [0.717, 1.165) is 12.8 Å². The molecule has 0 bridgehead atoms. The summed E-state index contributed by atoms with van der Waals surface area (Å²) in [7, 11) is 1.51. The number of aliphatic hydroxyl groups excluding tert-OH is 2. The second-order valence-corrected chi connectivity index (χ2v) is 8.82. The van der Waals surface area contributed by atoms with Crippen molar-refractivity contribution in [1.82, 2.24) is 15.3 Å². The second-order valence-electron chi connectivity index (χ2n) is 8.82. The monoisotopic (exact) mass is 417 g/mol. The van der Waals surface area contributed by atoms with Crippen LogP contribution in [0.5, 0.6) is 5.88 Å². The minimum absolute atomic E-state index is 0.00752. The van der Waals surface area contributed by atoms with Gasteiger partial charge in [0.15, 0.2) is 0 Å². The van der Waals surface area contributed by atoms with Gasteiger partial charge in [0.1, 0.15) is 11.7 Å². The molecule has 0 unspecified atom stereocenters. The molecular weight excluding hydrogens is 386 g/mol. The Hall–Kier alpha value is -2.45. The molecule has 1 amide bonds. The van der Waals surface area contributed by atoms with E-state index in [1.165, 1.54) is 13.3 Å². The summed E-state index contributed by atoms with van der Waals surface area (Å²) in [6.07, 6.45) is 1.90. The Bertz CT molecular complexity index is 875. The van der Waals surface area contributed by atoms with Gasteiger partial charge in [0.05, 0.1) is 30.4 Å². The lowest BCUT2D eigenvalue weighted by Gasteiger charge is -2.34. The van der Waals surface area contributed by atoms with E-state index in [0.29, 0.717) is 35.3 Å². The van der Waals surface area contributed by atoms with E-state index < -0.39 is 23.9 Å². The molecule has 1 aromatic carbocycles. The molecule has 30 heavy (non-hydrogen) atoms. The molecular formula is C22H31N3O5. The first-order valence-electron chi connectivity index (χ1n) is 10.3. The summed E-state index contributed by atoms with van der Waals surface area (Å²) in [5.41, 5.74) is 1.14. The minimum atomic E-state index is -1.09. The van der Waals surface area contributed by atoms with Gasteiger partial charge in [-0.2, -0.15) is 0 Å².